The molecule has 2 aromatic heterocycles. The summed E-state index contributed by atoms with van der Waals surface area (Å²) in [7, 11) is 2.11. The van der Waals surface area contributed by atoms with Crippen LogP contribution in [0.4, 0.5) is 0 Å². The molecule has 0 bridgehead atoms. The summed E-state index contributed by atoms with van der Waals surface area (Å²) in [6.07, 6.45) is 9.22. The Labute approximate surface area is 111 Å². The molecule has 1 aliphatic rings. The fraction of sp³-hybridized carbons (Fsp3) is 0.235. The van der Waals surface area contributed by atoms with Crippen LogP contribution in [-0.2, 0) is 7.05 Å². The number of hydrogen-bond donors (Lipinski definition) is 0. The highest BCUT2D eigenvalue weighted by atomic mass is 15.3. The van der Waals surface area contributed by atoms with Gasteiger partial charge in [-0.2, -0.15) is 0 Å². The summed E-state index contributed by atoms with van der Waals surface area (Å²) in [5.74, 6) is 0. The first-order valence-electron chi connectivity index (χ1n) is 6.86. The molecular formula is C17H17N2+. The highest BCUT2D eigenvalue weighted by Crippen LogP contribution is 2.15. The molecule has 4 rings (SSSR count). The largest absolute Gasteiger partial charge is 0.196 e. The molecule has 0 saturated heterocycles. The van der Waals surface area contributed by atoms with Crippen LogP contribution in [-0.4, -0.2) is 4.52 Å². The molecule has 2 nitrogen and oxygen atoms in total. The third-order valence-corrected chi connectivity index (χ3v) is 4.16. The van der Waals surface area contributed by atoms with Crippen molar-refractivity contribution >= 4 is 28.6 Å². The first-order valence-corrected chi connectivity index (χ1v) is 6.86. The zero-order valence-corrected chi connectivity index (χ0v) is 11.4. The quantitative estimate of drug-likeness (QED) is 0.535. The van der Waals surface area contributed by atoms with Gasteiger partial charge in [-0.3, -0.25) is 0 Å². The Hall–Kier alpha value is -2.09. The van der Waals surface area contributed by atoms with Crippen LogP contribution < -0.4 is 15.1 Å². The summed E-state index contributed by atoms with van der Waals surface area (Å²) in [5, 5.41) is 4.17. The van der Waals surface area contributed by atoms with Crippen molar-refractivity contribution in [3.05, 3.63) is 46.5 Å². The van der Waals surface area contributed by atoms with Gasteiger partial charge in [-0.15, -0.1) is 9.20 Å². The summed E-state index contributed by atoms with van der Waals surface area (Å²) in [4.78, 5) is 0. The number of para-hydroxylation sites is 1. The van der Waals surface area contributed by atoms with Crippen molar-refractivity contribution in [2.24, 2.45) is 7.05 Å². The number of aromatic nitrogens is 2. The zero-order chi connectivity index (χ0) is 13.0. The first-order chi connectivity index (χ1) is 9.27. The van der Waals surface area contributed by atoms with E-state index in [9.17, 15) is 0 Å². The van der Waals surface area contributed by atoms with E-state index in [0.717, 1.165) is 12.8 Å². The second kappa shape index (κ2) is 3.70. The fourth-order valence-electron chi connectivity index (χ4n) is 3.30. The average molecular weight is 249 g/mol. The number of pyridine rings is 1. The standard InChI is InChI=1S/C17H17N2/c1-12-6-5-9-15-13-7-3-4-8-14(13)16-10-11-18(2)19(16)17(12)15/h5-11H,3-4H2,1-2H3/q+1. The van der Waals surface area contributed by atoms with Crippen LogP contribution in [0.2, 0.25) is 0 Å². The maximum Gasteiger partial charge on any atom is 0.196 e. The maximum atomic E-state index is 2.39. The molecule has 0 fully saturated rings. The molecule has 2 heterocycles. The highest BCUT2D eigenvalue weighted by Gasteiger charge is 2.14. The van der Waals surface area contributed by atoms with E-state index in [1.807, 2.05) is 0 Å². The van der Waals surface area contributed by atoms with Crippen molar-refractivity contribution in [3.8, 4) is 0 Å². The Morgan fingerprint density at radius 2 is 1.84 bits per heavy atom. The Balaban J connectivity index is 2.49. The van der Waals surface area contributed by atoms with Gasteiger partial charge in [0.25, 0.3) is 0 Å². The van der Waals surface area contributed by atoms with Crippen LogP contribution in [0, 0.1) is 6.92 Å². The van der Waals surface area contributed by atoms with Gasteiger partial charge in [0, 0.05) is 16.7 Å². The lowest BCUT2D eigenvalue weighted by Crippen LogP contribution is -2.39. The molecule has 0 saturated carbocycles. The molecule has 3 aromatic rings. The van der Waals surface area contributed by atoms with Gasteiger partial charge in [0.15, 0.2) is 13.2 Å². The van der Waals surface area contributed by atoms with Crippen molar-refractivity contribution in [2.75, 3.05) is 0 Å². The van der Waals surface area contributed by atoms with Crippen molar-refractivity contribution in [1.82, 2.24) is 4.52 Å². The number of rotatable bonds is 0. The predicted octanol–water partition coefficient (Wildman–Crippen LogP) is 1.58. The molecule has 0 atom stereocenters. The molecule has 0 amide bonds. The third-order valence-electron chi connectivity index (χ3n) is 4.16. The van der Waals surface area contributed by atoms with E-state index in [1.165, 1.54) is 32.4 Å². The smallest absolute Gasteiger partial charge is 0.120 e. The van der Waals surface area contributed by atoms with E-state index in [1.54, 1.807) is 0 Å². The number of benzene rings is 1. The molecule has 0 N–H and O–H groups in total. The molecule has 0 aliphatic heterocycles. The number of fused-ring (bicyclic) bond motifs is 6. The van der Waals surface area contributed by atoms with E-state index in [4.69, 9.17) is 0 Å². The SMILES string of the molecule is Cc1cccc2c3c(c4cc[n+](C)n4c12)=CCCC=3. The van der Waals surface area contributed by atoms with Gasteiger partial charge in [0.2, 0.25) is 0 Å². The number of aryl methyl sites for hydroxylation is 2. The molecule has 19 heavy (non-hydrogen) atoms. The molecule has 1 aromatic carbocycles. The minimum absolute atomic E-state index is 1.15. The van der Waals surface area contributed by atoms with E-state index < -0.39 is 0 Å². The second-order valence-corrected chi connectivity index (χ2v) is 5.37. The topological polar surface area (TPSA) is 8.29 Å². The molecule has 0 spiro atoms. The van der Waals surface area contributed by atoms with E-state index in [0.29, 0.717) is 0 Å². The van der Waals surface area contributed by atoms with Gasteiger partial charge in [0.1, 0.15) is 11.0 Å². The Kier molecular flexibility index (Phi) is 2.10. The van der Waals surface area contributed by atoms with Crippen molar-refractivity contribution < 1.29 is 4.68 Å². The van der Waals surface area contributed by atoms with Gasteiger partial charge >= 0.3 is 0 Å². The van der Waals surface area contributed by atoms with Crippen molar-refractivity contribution in [3.63, 3.8) is 0 Å². The first kappa shape index (κ1) is 10.8. The molecule has 0 radical (unpaired) electrons. The lowest BCUT2D eigenvalue weighted by molar-refractivity contribution is -0.735. The minimum Gasteiger partial charge on any atom is -0.120 e. The monoisotopic (exact) mass is 249 g/mol. The summed E-state index contributed by atoms with van der Waals surface area (Å²) < 4.78 is 4.51. The van der Waals surface area contributed by atoms with Gasteiger partial charge in [-0.1, -0.05) is 30.4 Å². The van der Waals surface area contributed by atoms with Crippen LogP contribution in [0.3, 0.4) is 0 Å². The van der Waals surface area contributed by atoms with Crippen molar-refractivity contribution in [1.29, 1.82) is 0 Å². The molecule has 2 heteroatoms. The maximum absolute atomic E-state index is 2.39. The highest BCUT2D eigenvalue weighted by molar-refractivity contribution is 5.86. The molecule has 0 unspecified atom stereocenters. The van der Waals surface area contributed by atoms with Gasteiger partial charge < -0.3 is 0 Å². The van der Waals surface area contributed by atoms with Gasteiger partial charge in [-0.05, 0) is 30.5 Å². The third kappa shape index (κ3) is 1.34. The van der Waals surface area contributed by atoms with Gasteiger partial charge in [0.05, 0.1) is 0 Å². The number of hydrogen-bond acceptors (Lipinski definition) is 0. The van der Waals surface area contributed by atoms with E-state index >= 15 is 0 Å². The Bertz CT molecular complexity index is 929. The summed E-state index contributed by atoms with van der Waals surface area (Å²) in [6.45, 7) is 2.20. The predicted molar refractivity (Wildman–Crippen MR) is 78.2 cm³/mol. The Morgan fingerprint density at radius 1 is 1.05 bits per heavy atom. The lowest BCUT2D eigenvalue weighted by atomic mass is 10.0. The fourth-order valence-corrected chi connectivity index (χ4v) is 3.30. The number of nitrogens with zero attached hydrogens (tertiary/aromatic N) is 2. The van der Waals surface area contributed by atoms with Crippen LogP contribution in [0.15, 0.2) is 30.5 Å². The van der Waals surface area contributed by atoms with Crippen LogP contribution in [0.25, 0.3) is 28.6 Å². The average Bonchev–Trinajstić information content (AvgIpc) is 2.82. The molecule has 94 valence electrons. The van der Waals surface area contributed by atoms with Crippen LogP contribution in [0.5, 0.6) is 0 Å². The minimum atomic E-state index is 1.15. The summed E-state index contributed by atoms with van der Waals surface area (Å²) in [5.41, 5.74) is 3.97. The van der Waals surface area contributed by atoms with E-state index in [2.05, 4.69) is 65.8 Å². The van der Waals surface area contributed by atoms with Crippen LogP contribution >= 0.6 is 0 Å². The second-order valence-electron chi connectivity index (χ2n) is 5.37. The molecule has 1 aliphatic carbocycles. The van der Waals surface area contributed by atoms with E-state index in [-0.39, 0.29) is 0 Å². The molecular weight excluding hydrogens is 232 g/mol. The zero-order valence-electron chi connectivity index (χ0n) is 11.4. The normalized spacial score (nSPS) is 14.2. The Morgan fingerprint density at radius 3 is 2.68 bits per heavy atom. The van der Waals surface area contributed by atoms with Crippen LogP contribution in [0.1, 0.15) is 18.4 Å². The van der Waals surface area contributed by atoms with Crippen molar-refractivity contribution in [2.45, 2.75) is 19.8 Å². The van der Waals surface area contributed by atoms with Gasteiger partial charge in [-0.25, -0.2) is 0 Å². The summed E-state index contributed by atoms with van der Waals surface area (Å²) in [6, 6.07) is 8.83. The lowest BCUT2D eigenvalue weighted by Gasteiger charge is -2.09. The summed E-state index contributed by atoms with van der Waals surface area (Å²) >= 11 is 0.